The fourth-order valence-electron chi connectivity index (χ4n) is 1.87. The largest absolute Gasteiger partial charge is 0.492 e. The van der Waals surface area contributed by atoms with Crippen LogP contribution < -0.4 is 10.1 Å². The van der Waals surface area contributed by atoms with Crippen LogP contribution in [-0.4, -0.2) is 30.7 Å². The monoisotopic (exact) mass is 315 g/mol. The van der Waals surface area contributed by atoms with Gasteiger partial charge in [-0.15, -0.1) is 0 Å². The van der Waals surface area contributed by atoms with E-state index >= 15 is 0 Å². The Morgan fingerprint density at radius 2 is 2.41 bits per heavy atom. The molecule has 1 aromatic rings. The molecule has 0 saturated carbocycles. The molecule has 1 aromatic carbocycles. The minimum absolute atomic E-state index is 0.730. The summed E-state index contributed by atoms with van der Waals surface area (Å²) < 4.78 is 6.71. The molecule has 0 unspecified atom stereocenters. The van der Waals surface area contributed by atoms with Crippen LogP contribution in [0.5, 0.6) is 5.75 Å². The zero-order valence-corrected chi connectivity index (χ0v) is 12.2. The lowest BCUT2D eigenvalue weighted by Gasteiger charge is -2.11. The lowest BCUT2D eigenvalue weighted by Crippen LogP contribution is -2.27. The highest BCUT2D eigenvalue weighted by Gasteiger charge is 2.14. The van der Waals surface area contributed by atoms with E-state index in [0.29, 0.717) is 0 Å². The second-order valence-corrected chi connectivity index (χ2v) is 6.47. The zero-order valence-electron chi connectivity index (χ0n) is 9.82. The Morgan fingerprint density at radius 1 is 1.47 bits per heavy atom. The fourth-order valence-corrected chi connectivity index (χ4v) is 3.48. The number of hydrogen-bond donors (Lipinski definition) is 1. The van der Waals surface area contributed by atoms with Crippen molar-refractivity contribution in [3.8, 4) is 5.75 Å². The average Bonchev–Trinajstić information content (AvgIpc) is 2.82. The average molecular weight is 316 g/mol. The van der Waals surface area contributed by atoms with Crippen molar-refractivity contribution in [3.63, 3.8) is 0 Å². The minimum Gasteiger partial charge on any atom is -0.492 e. The van der Waals surface area contributed by atoms with Gasteiger partial charge in [-0.1, -0.05) is 22.0 Å². The third kappa shape index (κ3) is 4.90. The molecule has 0 bridgehead atoms. The number of nitrogens with one attached hydrogen (secondary N) is 1. The van der Waals surface area contributed by atoms with Crippen LogP contribution in [0, 0.1) is 0 Å². The molecule has 1 saturated heterocycles. The van der Waals surface area contributed by atoms with Gasteiger partial charge in [-0.05, 0) is 36.8 Å². The molecule has 0 aliphatic carbocycles. The predicted molar refractivity (Wildman–Crippen MR) is 78.0 cm³/mol. The summed E-state index contributed by atoms with van der Waals surface area (Å²) in [6.45, 7) is 2.77. The summed E-state index contributed by atoms with van der Waals surface area (Å²) in [7, 11) is 0. The number of thioether (sulfide) groups is 1. The first-order valence-corrected chi connectivity index (χ1v) is 7.89. The molecule has 1 aliphatic rings. The Hall–Kier alpha value is -0.190. The number of hydrogen-bond acceptors (Lipinski definition) is 3. The molecule has 94 valence electrons. The van der Waals surface area contributed by atoms with Gasteiger partial charge < -0.3 is 10.1 Å². The maximum absolute atomic E-state index is 5.65. The lowest BCUT2D eigenvalue weighted by molar-refractivity contribution is 0.314. The topological polar surface area (TPSA) is 21.3 Å². The van der Waals surface area contributed by atoms with E-state index in [9.17, 15) is 0 Å². The summed E-state index contributed by atoms with van der Waals surface area (Å²) in [6, 6.07) is 7.97. The Bertz CT molecular complexity index is 342. The van der Waals surface area contributed by atoms with Gasteiger partial charge in [0.25, 0.3) is 0 Å². The third-order valence-electron chi connectivity index (χ3n) is 2.74. The van der Waals surface area contributed by atoms with E-state index in [1.807, 2.05) is 24.3 Å². The van der Waals surface area contributed by atoms with Crippen molar-refractivity contribution >= 4 is 27.7 Å². The van der Waals surface area contributed by atoms with E-state index in [-0.39, 0.29) is 0 Å². The molecule has 1 aliphatic heterocycles. The number of ether oxygens (including phenoxy) is 1. The van der Waals surface area contributed by atoms with Crippen molar-refractivity contribution in [2.75, 3.05) is 25.4 Å². The van der Waals surface area contributed by atoms with Crippen LogP contribution in [0.2, 0.25) is 0 Å². The van der Waals surface area contributed by atoms with E-state index in [0.717, 1.165) is 35.2 Å². The molecule has 0 spiro atoms. The molecule has 0 radical (unpaired) electrons. The van der Waals surface area contributed by atoms with Gasteiger partial charge >= 0.3 is 0 Å². The highest BCUT2D eigenvalue weighted by Crippen LogP contribution is 2.25. The molecular weight excluding hydrogens is 298 g/mol. The van der Waals surface area contributed by atoms with Crippen molar-refractivity contribution in [3.05, 3.63) is 28.7 Å². The van der Waals surface area contributed by atoms with Crippen LogP contribution in [0.15, 0.2) is 28.7 Å². The molecule has 1 heterocycles. The molecule has 1 N–H and O–H groups in total. The number of rotatable bonds is 6. The van der Waals surface area contributed by atoms with Crippen LogP contribution in [0.1, 0.15) is 12.8 Å². The van der Waals surface area contributed by atoms with Gasteiger partial charge in [0.1, 0.15) is 12.4 Å². The van der Waals surface area contributed by atoms with Gasteiger partial charge in [0, 0.05) is 22.8 Å². The summed E-state index contributed by atoms with van der Waals surface area (Å²) >= 11 is 5.52. The fraction of sp³-hybridized carbons (Fsp3) is 0.538. The first-order chi connectivity index (χ1) is 8.34. The van der Waals surface area contributed by atoms with Crippen molar-refractivity contribution in [2.24, 2.45) is 0 Å². The molecule has 1 fully saturated rings. The van der Waals surface area contributed by atoms with Crippen LogP contribution in [-0.2, 0) is 0 Å². The second-order valence-electron chi connectivity index (χ2n) is 4.14. The molecular formula is C13H18BrNOS. The van der Waals surface area contributed by atoms with E-state index in [4.69, 9.17) is 4.74 Å². The van der Waals surface area contributed by atoms with E-state index in [1.54, 1.807) is 0 Å². The van der Waals surface area contributed by atoms with E-state index in [1.165, 1.54) is 18.6 Å². The number of halogens is 1. The van der Waals surface area contributed by atoms with Gasteiger partial charge in [0.15, 0.2) is 0 Å². The van der Waals surface area contributed by atoms with Gasteiger partial charge in [0.05, 0.1) is 0 Å². The van der Waals surface area contributed by atoms with Crippen molar-refractivity contribution < 1.29 is 4.74 Å². The molecule has 17 heavy (non-hydrogen) atoms. The van der Waals surface area contributed by atoms with Gasteiger partial charge in [-0.2, -0.15) is 11.8 Å². The normalized spacial score (nSPS) is 19.5. The van der Waals surface area contributed by atoms with Crippen LogP contribution in [0.4, 0.5) is 0 Å². The summed E-state index contributed by atoms with van der Waals surface area (Å²) in [5, 5.41) is 4.27. The molecule has 1 atom stereocenters. The summed E-state index contributed by atoms with van der Waals surface area (Å²) in [5.41, 5.74) is 0. The molecule has 0 amide bonds. The number of benzene rings is 1. The second kappa shape index (κ2) is 7.29. The standard InChI is InChI=1S/C13H18BrNOS/c14-11-3-1-4-12(9-11)16-7-6-15-10-13-5-2-8-17-13/h1,3-4,9,13,15H,2,5-8,10H2/t13-/m1/s1. The first-order valence-electron chi connectivity index (χ1n) is 6.05. The Kier molecular flexibility index (Phi) is 5.68. The van der Waals surface area contributed by atoms with Gasteiger partial charge in [0.2, 0.25) is 0 Å². The molecule has 2 rings (SSSR count). The van der Waals surface area contributed by atoms with E-state index < -0.39 is 0 Å². The first kappa shape index (κ1) is 13.2. The maximum Gasteiger partial charge on any atom is 0.120 e. The van der Waals surface area contributed by atoms with Gasteiger partial charge in [-0.3, -0.25) is 0 Å². The SMILES string of the molecule is Brc1cccc(OCCNC[C@H]2CCCS2)c1. The quantitative estimate of drug-likeness (QED) is 0.814. The smallest absolute Gasteiger partial charge is 0.120 e. The van der Waals surface area contributed by atoms with E-state index in [2.05, 4.69) is 33.0 Å². The highest BCUT2D eigenvalue weighted by atomic mass is 79.9. The Morgan fingerprint density at radius 3 is 3.18 bits per heavy atom. The van der Waals surface area contributed by atoms with Crippen molar-refractivity contribution in [1.82, 2.24) is 5.32 Å². The Balaban J connectivity index is 1.56. The third-order valence-corrected chi connectivity index (χ3v) is 4.63. The zero-order chi connectivity index (χ0) is 11.9. The summed E-state index contributed by atoms with van der Waals surface area (Å²) in [6.07, 6.45) is 2.75. The molecule has 2 nitrogen and oxygen atoms in total. The molecule has 0 aromatic heterocycles. The highest BCUT2D eigenvalue weighted by molar-refractivity contribution is 9.10. The maximum atomic E-state index is 5.65. The van der Waals surface area contributed by atoms with Crippen LogP contribution in [0.3, 0.4) is 0 Å². The van der Waals surface area contributed by atoms with Gasteiger partial charge in [-0.25, -0.2) is 0 Å². The van der Waals surface area contributed by atoms with Crippen molar-refractivity contribution in [2.45, 2.75) is 18.1 Å². The van der Waals surface area contributed by atoms with Crippen LogP contribution >= 0.6 is 27.7 Å². The lowest BCUT2D eigenvalue weighted by atomic mass is 10.2. The molecule has 4 heteroatoms. The summed E-state index contributed by atoms with van der Waals surface area (Å²) in [4.78, 5) is 0. The van der Waals surface area contributed by atoms with Crippen LogP contribution in [0.25, 0.3) is 0 Å². The van der Waals surface area contributed by atoms with Crippen molar-refractivity contribution in [1.29, 1.82) is 0 Å². The Labute approximate surface area is 116 Å². The summed E-state index contributed by atoms with van der Waals surface area (Å²) in [5.74, 6) is 2.26. The predicted octanol–water partition coefficient (Wildman–Crippen LogP) is 3.31. The minimum atomic E-state index is 0.730.